The van der Waals surface area contributed by atoms with Crippen molar-refractivity contribution in [2.24, 2.45) is 0 Å². The highest BCUT2D eigenvalue weighted by Gasteiger charge is 2.27. The van der Waals surface area contributed by atoms with Gasteiger partial charge in [-0.25, -0.2) is 0 Å². The number of hydrogen-bond acceptors (Lipinski definition) is 2. The number of fused-ring (bicyclic) bond motifs is 3. The molecule has 0 bridgehead atoms. The van der Waals surface area contributed by atoms with Gasteiger partial charge in [-0.05, 0) is 42.5 Å². The third kappa shape index (κ3) is 2.83. The third-order valence-electron chi connectivity index (χ3n) is 5.45. The summed E-state index contributed by atoms with van der Waals surface area (Å²) in [5.41, 5.74) is 5.20. The van der Waals surface area contributed by atoms with E-state index in [0.717, 1.165) is 25.1 Å². The molecule has 1 N–H and O–H groups in total. The summed E-state index contributed by atoms with van der Waals surface area (Å²) in [4.78, 5) is 0. The zero-order valence-electron chi connectivity index (χ0n) is 14.7. The van der Waals surface area contributed by atoms with E-state index in [1.54, 1.807) is 7.11 Å². The van der Waals surface area contributed by atoms with Crippen molar-refractivity contribution in [1.82, 2.24) is 4.57 Å². The zero-order chi connectivity index (χ0) is 17.2. The van der Waals surface area contributed by atoms with E-state index < -0.39 is 0 Å². The highest BCUT2D eigenvalue weighted by atomic mass is 16.5. The molecule has 1 unspecified atom stereocenters. The van der Waals surface area contributed by atoms with E-state index in [9.17, 15) is 5.11 Å². The van der Waals surface area contributed by atoms with Gasteiger partial charge in [0.25, 0.3) is 0 Å². The molecule has 130 valence electrons. The van der Waals surface area contributed by atoms with Crippen LogP contribution >= 0.6 is 0 Å². The zero-order valence-corrected chi connectivity index (χ0v) is 14.7. The minimum atomic E-state index is 0.202. The molecule has 0 fully saturated rings. The number of methoxy groups -OCH3 is 1. The van der Waals surface area contributed by atoms with Crippen LogP contribution in [0.4, 0.5) is 0 Å². The molecule has 4 rings (SSSR count). The second-order valence-electron chi connectivity index (χ2n) is 6.91. The van der Waals surface area contributed by atoms with Crippen LogP contribution in [0.1, 0.15) is 42.0 Å². The van der Waals surface area contributed by atoms with Crippen LogP contribution in [-0.2, 0) is 13.0 Å². The normalized spacial score (nSPS) is 17.3. The van der Waals surface area contributed by atoms with Crippen LogP contribution < -0.4 is 4.74 Å². The summed E-state index contributed by atoms with van der Waals surface area (Å²) in [6.45, 7) is 1.06. The molecule has 1 aromatic heterocycles. The predicted octanol–water partition coefficient (Wildman–Crippen LogP) is 4.50. The second-order valence-corrected chi connectivity index (χ2v) is 6.91. The first kappa shape index (κ1) is 16.2. The smallest absolute Gasteiger partial charge is 0.128 e. The minimum Gasteiger partial charge on any atom is -0.496 e. The number of aliphatic hydroxyl groups is 1. The van der Waals surface area contributed by atoms with Gasteiger partial charge in [-0.15, -0.1) is 0 Å². The molecule has 0 saturated carbocycles. The van der Waals surface area contributed by atoms with Crippen LogP contribution in [0.15, 0.2) is 48.5 Å². The first-order valence-electron chi connectivity index (χ1n) is 9.16. The Morgan fingerprint density at radius 3 is 2.68 bits per heavy atom. The Bertz CT molecular complexity index is 867. The quantitative estimate of drug-likeness (QED) is 0.712. The van der Waals surface area contributed by atoms with Gasteiger partial charge in [0.05, 0.1) is 19.2 Å². The van der Waals surface area contributed by atoms with Crippen molar-refractivity contribution in [3.8, 4) is 5.75 Å². The maximum absolute atomic E-state index is 10.0. The summed E-state index contributed by atoms with van der Waals surface area (Å²) >= 11 is 0. The van der Waals surface area contributed by atoms with E-state index in [2.05, 4.69) is 47.0 Å². The van der Waals surface area contributed by atoms with Crippen molar-refractivity contribution < 1.29 is 9.84 Å². The summed E-state index contributed by atoms with van der Waals surface area (Å²) in [5.74, 6) is 1.12. The van der Waals surface area contributed by atoms with E-state index in [0.29, 0.717) is 0 Å². The molecule has 0 amide bonds. The van der Waals surface area contributed by atoms with Gasteiger partial charge in [0, 0.05) is 23.5 Å². The number of benzene rings is 2. The monoisotopic (exact) mass is 335 g/mol. The van der Waals surface area contributed by atoms with E-state index in [1.807, 2.05) is 6.07 Å². The summed E-state index contributed by atoms with van der Waals surface area (Å²) in [7, 11) is 1.74. The minimum absolute atomic E-state index is 0.202. The maximum atomic E-state index is 10.0. The Kier molecular flexibility index (Phi) is 4.50. The van der Waals surface area contributed by atoms with Crippen LogP contribution in [-0.4, -0.2) is 23.4 Å². The van der Waals surface area contributed by atoms with Gasteiger partial charge in [0.15, 0.2) is 0 Å². The number of nitrogens with zero attached hydrogens (tertiary/aromatic N) is 1. The lowest BCUT2D eigenvalue weighted by Gasteiger charge is -2.14. The Morgan fingerprint density at radius 2 is 1.92 bits per heavy atom. The lowest BCUT2D eigenvalue weighted by molar-refractivity contribution is 0.259. The Morgan fingerprint density at radius 1 is 1.08 bits per heavy atom. The van der Waals surface area contributed by atoms with Gasteiger partial charge in [0.2, 0.25) is 0 Å². The molecule has 0 radical (unpaired) electrons. The van der Waals surface area contributed by atoms with Gasteiger partial charge < -0.3 is 14.4 Å². The fourth-order valence-electron chi connectivity index (χ4n) is 4.29. The average Bonchev–Trinajstić information content (AvgIpc) is 2.82. The van der Waals surface area contributed by atoms with E-state index in [1.165, 1.54) is 40.6 Å². The van der Waals surface area contributed by atoms with Gasteiger partial charge in [-0.2, -0.15) is 0 Å². The fourth-order valence-corrected chi connectivity index (χ4v) is 4.29. The van der Waals surface area contributed by atoms with Crippen molar-refractivity contribution in [2.75, 3.05) is 13.7 Å². The van der Waals surface area contributed by atoms with Crippen molar-refractivity contribution in [3.05, 3.63) is 65.4 Å². The number of hydrogen-bond donors (Lipinski definition) is 1. The average molecular weight is 335 g/mol. The maximum Gasteiger partial charge on any atom is 0.128 e. The van der Waals surface area contributed by atoms with E-state index in [-0.39, 0.29) is 12.5 Å². The second kappa shape index (κ2) is 6.93. The van der Waals surface area contributed by atoms with Crippen molar-refractivity contribution in [3.63, 3.8) is 0 Å². The van der Waals surface area contributed by atoms with Crippen molar-refractivity contribution >= 4 is 10.9 Å². The molecule has 1 atom stereocenters. The molecule has 1 heterocycles. The molecule has 3 nitrogen and oxygen atoms in total. The first-order valence-corrected chi connectivity index (χ1v) is 9.16. The van der Waals surface area contributed by atoms with Gasteiger partial charge in [-0.3, -0.25) is 0 Å². The lowest BCUT2D eigenvalue weighted by atomic mass is 9.94. The molecule has 0 spiro atoms. The first-order chi connectivity index (χ1) is 12.3. The molecule has 0 aliphatic heterocycles. The van der Waals surface area contributed by atoms with Crippen molar-refractivity contribution in [1.29, 1.82) is 0 Å². The van der Waals surface area contributed by atoms with Crippen molar-refractivity contribution in [2.45, 2.75) is 38.1 Å². The van der Waals surface area contributed by atoms with E-state index >= 15 is 0 Å². The van der Waals surface area contributed by atoms with Crippen LogP contribution in [0.5, 0.6) is 5.75 Å². The van der Waals surface area contributed by atoms with E-state index in [4.69, 9.17) is 4.74 Å². The fraction of sp³-hybridized carbons (Fsp3) is 0.364. The molecule has 1 aliphatic rings. The van der Waals surface area contributed by atoms with Crippen LogP contribution in [0.25, 0.3) is 10.9 Å². The van der Waals surface area contributed by atoms with Gasteiger partial charge in [-0.1, -0.05) is 42.8 Å². The number of rotatable bonds is 4. The number of aliphatic hydroxyl groups excluding tert-OH is 1. The summed E-state index contributed by atoms with van der Waals surface area (Å²) in [5, 5.41) is 11.2. The molecular weight excluding hydrogens is 310 g/mol. The summed E-state index contributed by atoms with van der Waals surface area (Å²) in [6.07, 6.45) is 4.46. The Balaban J connectivity index is 1.97. The van der Waals surface area contributed by atoms with Crippen LogP contribution in [0.2, 0.25) is 0 Å². The highest BCUT2D eigenvalue weighted by Crippen LogP contribution is 2.42. The molecule has 1 aliphatic carbocycles. The molecule has 3 aromatic rings. The Labute approximate surface area is 148 Å². The molecule has 2 aromatic carbocycles. The molecule has 3 heteroatoms. The number of ether oxygens (including phenoxy) is 1. The van der Waals surface area contributed by atoms with Gasteiger partial charge in [0.1, 0.15) is 5.75 Å². The molecule has 0 saturated heterocycles. The SMILES string of the molecule is COc1cccc2c1c1c(n2Cc2ccccc2)CCCCC1CO. The highest BCUT2D eigenvalue weighted by molar-refractivity contribution is 5.92. The summed E-state index contributed by atoms with van der Waals surface area (Å²) in [6, 6.07) is 16.9. The largest absolute Gasteiger partial charge is 0.496 e. The number of aromatic nitrogens is 1. The standard InChI is InChI=1S/C22H25NO2/c1-25-20-13-7-12-19-22(20)21-17(15-24)10-5-6-11-18(21)23(19)14-16-8-3-2-4-9-16/h2-4,7-9,12-13,17,24H,5-6,10-11,14-15H2,1H3. The predicted molar refractivity (Wildman–Crippen MR) is 101 cm³/mol. The summed E-state index contributed by atoms with van der Waals surface area (Å²) < 4.78 is 8.14. The topological polar surface area (TPSA) is 34.4 Å². The van der Waals surface area contributed by atoms with Crippen LogP contribution in [0, 0.1) is 0 Å². The molecular formula is C22H25NO2. The third-order valence-corrected chi connectivity index (χ3v) is 5.45. The van der Waals surface area contributed by atoms with Gasteiger partial charge >= 0.3 is 0 Å². The Hall–Kier alpha value is -2.26. The molecule has 25 heavy (non-hydrogen) atoms. The lowest BCUT2D eigenvalue weighted by Crippen LogP contribution is -2.07. The van der Waals surface area contributed by atoms with Crippen LogP contribution in [0.3, 0.4) is 0 Å².